The number of esters is 2. The number of rotatable bonds is 1. The molecule has 1 rings (SSSR count). The van der Waals surface area contributed by atoms with Crippen LogP contribution in [0, 0.1) is 0 Å². The Morgan fingerprint density at radius 2 is 2.25 bits per heavy atom. The number of carbonyl (C=O) groups is 2. The second-order valence-corrected chi connectivity index (χ2v) is 2.76. The molecule has 5 nitrogen and oxygen atoms in total. The zero-order valence-corrected chi connectivity index (χ0v) is 6.74. The number of hydrogen-bond acceptors (Lipinski definition) is 5. The molecule has 0 bridgehead atoms. The van der Waals surface area contributed by atoms with Crippen LogP contribution in [-0.4, -0.2) is 35.7 Å². The Balaban J connectivity index is 2.38. The molecule has 0 saturated carbocycles. The number of aliphatic hydroxyl groups is 1. The molecule has 0 aromatic rings. The Labute approximate surface area is 69.7 Å². The summed E-state index contributed by atoms with van der Waals surface area (Å²) in [4.78, 5) is 21.3. The van der Waals surface area contributed by atoms with Gasteiger partial charge in [-0.25, -0.2) is 4.79 Å². The summed E-state index contributed by atoms with van der Waals surface area (Å²) >= 11 is 0. The predicted octanol–water partition coefficient (Wildman–Crippen LogP) is -1.20. The monoisotopic (exact) mass is 173 g/mol. The molecule has 1 heterocycles. The van der Waals surface area contributed by atoms with Crippen LogP contribution >= 0.6 is 0 Å². The van der Waals surface area contributed by atoms with E-state index in [1.807, 2.05) is 0 Å². The standard InChI is InChI=1S/C7H11NO4/c1-4(9)12-7(11)6-2-5(10)3-8-6/h5-6,8,10H,2-3H2,1H3/t5?,6-/m0/s1. The summed E-state index contributed by atoms with van der Waals surface area (Å²) in [6.07, 6.45) is -0.207. The molecular formula is C7H11NO4. The third kappa shape index (κ3) is 2.28. The normalized spacial score (nSPS) is 28.5. The van der Waals surface area contributed by atoms with Gasteiger partial charge in [0.2, 0.25) is 0 Å². The van der Waals surface area contributed by atoms with Gasteiger partial charge in [0.1, 0.15) is 6.04 Å². The van der Waals surface area contributed by atoms with Gasteiger partial charge in [0.15, 0.2) is 0 Å². The molecule has 1 aliphatic heterocycles. The van der Waals surface area contributed by atoms with E-state index in [0.29, 0.717) is 13.0 Å². The van der Waals surface area contributed by atoms with E-state index >= 15 is 0 Å². The van der Waals surface area contributed by atoms with E-state index in [9.17, 15) is 9.59 Å². The molecular weight excluding hydrogens is 162 g/mol. The molecule has 0 amide bonds. The summed E-state index contributed by atoms with van der Waals surface area (Å²) in [6.45, 7) is 1.54. The van der Waals surface area contributed by atoms with Crippen molar-refractivity contribution in [1.82, 2.24) is 5.32 Å². The second-order valence-electron chi connectivity index (χ2n) is 2.76. The van der Waals surface area contributed by atoms with E-state index in [1.54, 1.807) is 0 Å². The Kier molecular flexibility index (Phi) is 2.78. The van der Waals surface area contributed by atoms with Crippen LogP contribution in [0.5, 0.6) is 0 Å². The first kappa shape index (κ1) is 9.15. The van der Waals surface area contributed by atoms with Gasteiger partial charge in [-0.05, 0) is 0 Å². The molecule has 2 atom stereocenters. The number of nitrogens with one attached hydrogen (secondary N) is 1. The van der Waals surface area contributed by atoms with Crippen LogP contribution in [0.4, 0.5) is 0 Å². The maximum Gasteiger partial charge on any atom is 0.330 e. The minimum atomic E-state index is -0.622. The van der Waals surface area contributed by atoms with Crippen LogP contribution in [0.2, 0.25) is 0 Å². The van der Waals surface area contributed by atoms with Gasteiger partial charge in [-0.3, -0.25) is 4.79 Å². The fourth-order valence-corrected chi connectivity index (χ4v) is 1.11. The summed E-state index contributed by atoms with van der Waals surface area (Å²) in [6, 6.07) is -0.538. The van der Waals surface area contributed by atoms with Gasteiger partial charge in [0.25, 0.3) is 0 Å². The quantitative estimate of drug-likeness (QED) is 0.385. The molecule has 0 aromatic heterocycles. The highest BCUT2D eigenvalue weighted by atomic mass is 16.6. The van der Waals surface area contributed by atoms with E-state index in [1.165, 1.54) is 6.92 Å². The Hall–Kier alpha value is -0.940. The molecule has 2 N–H and O–H groups in total. The molecule has 5 heteroatoms. The maximum absolute atomic E-state index is 11.0. The third-order valence-electron chi connectivity index (χ3n) is 1.64. The first-order chi connectivity index (χ1) is 5.59. The van der Waals surface area contributed by atoms with Crippen molar-refractivity contribution in [2.24, 2.45) is 0 Å². The average molecular weight is 173 g/mol. The summed E-state index contributed by atoms with van der Waals surface area (Å²) in [7, 11) is 0. The Bertz CT molecular complexity index is 204. The third-order valence-corrected chi connectivity index (χ3v) is 1.64. The largest absolute Gasteiger partial charge is 0.392 e. The van der Waals surface area contributed by atoms with E-state index in [4.69, 9.17) is 5.11 Å². The highest BCUT2D eigenvalue weighted by Gasteiger charge is 2.29. The highest BCUT2D eigenvalue weighted by Crippen LogP contribution is 2.07. The fourth-order valence-electron chi connectivity index (χ4n) is 1.11. The van der Waals surface area contributed by atoms with Gasteiger partial charge in [-0.2, -0.15) is 0 Å². The summed E-state index contributed by atoms with van der Waals surface area (Å²) in [5.41, 5.74) is 0. The van der Waals surface area contributed by atoms with Gasteiger partial charge in [0.05, 0.1) is 6.10 Å². The van der Waals surface area contributed by atoms with Crippen molar-refractivity contribution < 1.29 is 19.4 Å². The smallest absolute Gasteiger partial charge is 0.330 e. The van der Waals surface area contributed by atoms with E-state index in [2.05, 4.69) is 10.1 Å². The van der Waals surface area contributed by atoms with Crippen LogP contribution < -0.4 is 5.32 Å². The lowest BCUT2D eigenvalue weighted by Gasteiger charge is -2.06. The van der Waals surface area contributed by atoms with Crippen molar-refractivity contribution in [2.75, 3.05) is 6.54 Å². The SMILES string of the molecule is CC(=O)OC(=O)[C@@H]1CC(O)CN1. The minimum absolute atomic E-state index is 0.312. The number of ether oxygens (including phenoxy) is 1. The molecule has 1 unspecified atom stereocenters. The van der Waals surface area contributed by atoms with Gasteiger partial charge >= 0.3 is 11.9 Å². The lowest BCUT2D eigenvalue weighted by atomic mass is 10.2. The first-order valence-electron chi connectivity index (χ1n) is 3.73. The van der Waals surface area contributed by atoms with E-state index in [0.717, 1.165) is 0 Å². The van der Waals surface area contributed by atoms with Crippen LogP contribution in [0.15, 0.2) is 0 Å². The molecule has 12 heavy (non-hydrogen) atoms. The predicted molar refractivity (Wildman–Crippen MR) is 39.2 cm³/mol. The van der Waals surface area contributed by atoms with Crippen molar-refractivity contribution in [2.45, 2.75) is 25.5 Å². The number of hydrogen-bond donors (Lipinski definition) is 2. The molecule has 0 aromatic carbocycles. The minimum Gasteiger partial charge on any atom is -0.392 e. The molecule has 1 saturated heterocycles. The summed E-state index contributed by atoms with van der Waals surface area (Å²) in [5.74, 6) is -1.23. The van der Waals surface area contributed by atoms with Gasteiger partial charge < -0.3 is 15.2 Å². The maximum atomic E-state index is 11.0. The summed E-state index contributed by atoms with van der Waals surface area (Å²) < 4.78 is 4.33. The zero-order chi connectivity index (χ0) is 9.14. The average Bonchev–Trinajstić information content (AvgIpc) is 2.34. The Morgan fingerprint density at radius 1 is 1.58 bits per heavy atom. The lowest BCUT2D eigenvalue weighted by molar-refractivity contribution is -0.159. The molecule has 1 aliphatic rings. The number of β-amino-alcohol motifs (C(OH)–C–C–N with tert-alkyl or cyclic N) is 1. The first-order valence-corrected chi connectivity index (χ1v) is 3.73. The van der Waals surface area contributed by atoms with Crippen molar-refractivity contribution in [3.63, 3.8) is 0 Å². The highest BCUT2D eigenvalue weighted by molar-refractivity contribution is 5.87. The number of carbonyl (C=O) groups excluding carboxylic acids is 2. The van der Waals surface area contributed by atoms with Crippen molar-refractivity contribution in [3.05, 3.63) is 0 Å². The van der Waals surface area contributed by atoms with Gasteiger partial charge in [-0.1, -0.05) is 0 Å². The molecule has 1 fully saturated rings. The van der Waals surface area contributed by atoms with Gasteiger partial charge in [-0.15, -0.1) is 0 Å². The van der Waals surface area contributed by atoms with Crippen molar-refractivity contribution in [1.29, 1.82) is 0 Å². The molecule has 0 radical (unpaired) electrons. The second kappa shape index (κ2) is 3.64. The summed E-state index contributed by atoms with van der Waals surface area (Å²) in [5, 5.41) is 11.8. The molecule has 68 valence electrons. The van der Waals surface area contributed by atoms with Gasteiger partial charge in [0, 0.05) is 19.9 Å². The number of aliphatic hydroxyl groups excluding tert-OH is 1. The zero-order valence-electron chi connectivity index (χ0n) is 6.74. The Morgan fingerprint density at radius 3 is 2.67 bits per heavy atom. The molecule has 0 spiro atoms. The van der Waals surface area contributed by atoms with E-state index < -0.39 is 24.1 Å². The van der Waals surface area contributed by atoms with E-state index in [-0.39, 0.29) is 0 Å². The van der Waals surface area contributed by atoms with Crippen molar-refractivity contribution in [3.8, 4) is 0 Å². The van der Waals surface area contributed by atoms with Crippen LogP contribution in [0.1, 0.15) is 13.3 Å². The van der Waals surface area contributed by atoms with Crippen LogP contribution in [0.25, 0.3) is 0 Å². The van der Waals surface area contributed by atoms with Crippen molar-refractivity contribution >= 4 is 11.9 Å². The molecule has 0 aliphatic carbocycles. The van der Waals surface area contributed by atoms with Crippen LogP contribution in [-0.2, 0) is 14.3 Å². The van der Waals surface area contributed by atoms with Crippen LogP contribution in [0.3, 0.4) is 0 Å². The lowest BCUT2D eigenvalue weighted by Crippen LogP contribution is -2.33. The fraction of sp³-hybridized carbons (Fsp3) is 0.714. The topological polar surface area (TPSA) is 75.6 Å².